The van der Waals surface area contributed by atoms with Gasteiger partial charge in [0.05, 0.1) is 0 Å². The highest BCUT2D eigenvalue weighted by Gasteiger charge is 2.12. The largest absolute Gasteiger partial charge is 0.370 e. The van der Waals surface area contributed by atoms with E-state index in [2.05, 4.69) is 0 Å². The minimum atomic E-state index is -0.151. The Morgan fingerprint density at radius 2 is 1.67 bits per heavy atom. The quantitative estimate of drug-likeness (QED) is 0.644. The van der Waals surface area contributed by atoms with Crippen molar-refractivity contribution in [3.05, 3.63) is 0 Å². The highest BCUT2D eigenvalue weighted by Crippen LogP contribution is 2.27. The average molecular weight is 211 g/mol. The molecule has 0 saturated heterocycles. The number of hydrogen-bond donors (Lipinski definition) is 1. The van der Waals surface area contributed by atoms with Gasteiger partial charge in [0, 0.05) is 6.42 Å². The molecule has 1 fully saturated rings. The molecule has 1 saturated carbocycles. The zero-order valence-electron chi connectivity index (χ0n) is 9.84. The molecule has 15 heavy (non-hydrogen) atoms. The van der Waals surface area contributed by atoms with Crippen LogP contribution in [0, 0.1) is 5.92 Å². The molecular weight excluding hydrogens is 186 g/mol. The lowest BCUT2D eigenvalue weighted by atomic mass is 9.85. The van der Waals surface area contributed by atoms with Gasteiger partial charge in [0.1, 0.15) is 0 Å². The summed E-state index contributed by atoms with van der Waals surface area (Å²) in [7, 11) is 0. The number of carbonyl (C=O) groups is 1. The highest BCUT2D eigenvalue weighted by molar-refractivity contribution is 5.73. The smallest absolute Gasteiger partial charge is 0.217 e. The molecule has 0 unspecified atom stereocenters. The van der Waals surface area contributed by atoms with Crippen molar-refractivity contribution in [2.24, 2.45) is 11.7 Å². The minimum absolute atomic E-state index is 0.151. The Balaban J connectivity index is 1.85. The van der Waals surface area contributed by atoms with Crippen molar-refractivity contribution >= 4 is 5.91 Å². The summed E-state index contributed by atoms with van der Waals surface area (Å²) in [5, 5.41) is 0. The number of hydrogen-bond acceptors (Lipinski definition) is 1. The maximum Gasteiger partial charge on any atom is 0.217 e. The van der Waals surface area contributed by atoms with Crippen LogP contribution in [0.1, 0.15) is 70.6 Å². The summed E-state index contributed by atoms with van der Waals surface area (Å²) in [5.41, 5.74) is 5.09. The number of amides is 1. The molecule has 0 radical (unpaired) electrons. The molecule has 0 aromatic rings. The second-order valence-corrected chi connectivity index (χ2v) is 4.92. The molecule has 2 heteroatoms. The molecule has 1 aliphatic carbocycles. The molecular formula is C13H25NO. The first-order valence-electron chi connectivity index (χ1n) is 6.57. The number of carbonyl (C=O) groups excluding carboxylic acids is 1. The number of rotatable bonds is 7. The molecule has 0 heterocycles. The van der Waals surface area contributed by atoms with Gasteiger partial charge >= 0.3 is 0 Å². The summed E-state index contributed by atoms with van der Waals surface area (Å²) in [6.45, 7) is 0. The third-order valence-corrected chi connectivity index (χ3v) is 3.51. The Labute approximate surface area is 93.6 Å². The monoisotopic (exact) mass is 211 g/mol. The van der Waals surface area contributed by atoms with E-state index in [1.165, 1.54) is 57.8 Å². The second kappa shape index (κ2) is 7.72. The van der Waals surface area contributed by atoms with Gasteiger partial charge in [0.15, 0.2) is 0 Å². The number of unbranched alkanes of at least 4 members (excludes halogenated alkanes) is 3. The lowest BCUT2D eigenvalue weighted by molar-refractivity contribution is -0.118. The van der Waals surface area contributed by atoms with E-state index in [9.17, 15) is 4.79 Å². The van der Waals surface area contributed by atoms with Crippen molar-refractivity contribution < 1.29 is 4.79 Å². The number of nitrogens with two attached hydrogens (primary N) is 1. The summed E-state index contributed by atoms with van der Waals surface area (Å²) in [5.74, 6) is 0.858. The molecule has 2 N–H and O–H groups in total. The first kappa shape index (κ1) is 12.5. The van der Waals surface area contributed by atoms with Crippen LogP contribution in [-0.4, -0.2) is 5.91 Å². The van der Waals surface area contributed by atoms with Gasteiger partial charge in [-0.15, -0.1) is 0 Å². The topological polar surface area (TPSA) is 43.1 Å². The predicted octanol–water partition coefficient (Wildman–Crippen LogP) is 3.39. The van der Waals surface area contributed by atoms with Gasteiger partial charge in [0.25, 0.3) is 0 Å². The van der Waals surface area contributed by atoms with Crippen LogP contribution in [0.5, 0.6) is 0 Å². The van der Waals surface area contributed by atoms with Gasteiger partial charge < -0.3 is 5.73 Å². The normalized spacial score (nSPS) is 17.9. The van der Waals surface area contributed by atoms with Gasteiger partial charge in [0.2, 0.25) is 5.91 Å². The van der Waals surface area contributed by atoms with Crippen LogP contribution in [-0.2, 0) is 4.79 Å². The summed E-state index contributed by atoms with van der Waals surface area (Å²) < 4.78 is 0. The molecule has 0 atom stereocenters. The molecule has 88 valence electrons. The summed E-state index contributed by atoms with van der Waals surface area (Å²) in [6, 6.07) is 0. The first-order valence-corrected chi connectivity index (χ1v) is 6.57. The van der Waals surface area contributed by atoms with Crippen molar-refractivity contribution in [2.45, 2.75) is 70.6 Å². The Morgan fingerprint density at radius 1 is 1.00 bits per heavy atom. The van der Waals surface area contributed by atoms with E-state index in [0.29, 0.717) is 6.42 Å². The van der Waals surface area contributed by atoms with Crippen molar-refractivity contribution in [3.8, 4) is 0 Å². The van der Waals surface area contributed by atoms with Crippen molar-refractivity contribution in [1.29, 1.82) is 0 Å². The van der Waals surface area contributed by atoms with E-state index in [1.807, 2.05) is 0 Å². The van der Waals surface area contributed by atoms with E-state index < -0.39 is 0 Å². The first-order chi connectivity index (χ1) is 7.29. The molecule has 0 aromatic carbocycles. The molecule has 0 bridgehead atoms. The summed E-state index contributed by atoms with van der Waals surface area (Å²) >= 11 is 0. The van der Waals surface area contributed by atoms with Crippen LogP contribution in [0.25, 0.3) is 0 Å². The highest BCUT2D eigenvalue weighted by atomic mass is 16.1. The fourth-order valence-corrected chi connectivity index (χ4v) is 2.56. The third kappa shape index (κ3) is 6.53. The lowest BCUT2D eigenvalue weighted by Gasteiger charge is -2.21. The molecule has 0 aliphatic heterocycles. The van der Waals surface area contributed by atoms with Crippen molar-refractivity contribution in [3.63, 3.8) is 0 Å². The molecule has 1 aliphatic rings. The molecule has 0 spiro atoms. The van der Waals surface area contributed by atoms with Gasteiger partial charge in [-0.3, -0.25) is 4.79 Å². The van der Waals surface area contributed by atoms with E-state index >= 15 is 0 Å². The van der Waals surface area contributed by atoms with Crippen molar-refractivity contribution in [2.75, 3.05) is 0 Å². The Morgan fingerprint density at radius 3 is 2.33 bits per heavy atom. The van der Waals surface area contributed by atoms with E-state index in [1.54, 1.807) is 0 Å². The van der Waals surface area contributed by atoms with Crippen molar-refractivity contribution in [1.82, 2.24) is 0 Å². The van der Waals surface area contributed by atoms with Crippen LogP contribution >= 0.6 is 0 Å². The van der Waals surface area contributed by atoms with E-state index in [0.717, 1.165) is 12.3 Å². The maximum atomic E-state index is 10.5. The van der Waals surface area contributed by atoms with Crippen LogP contribution < -0.4 is 5.73 Å². The lowest BCUT2D eigenvalue weighted by Crippen LogP contribution is -2.09. The van der Waals surface area contributed by atoms with Crippen LogP contribution in [0.15, 0.2) is 0 Å². The SMILES string of the molecule is NC(=O)CCCCCCC1CCCCC1. The standard InChI is InChI=1S/C13H25NO/c14-13(15)11-7-2-1-4-8-12-9-5-3-6-10-12/h12H,1-11H2,(H2,14,15). The van der Waals surface area contributed by atoms with Gasteiger partial charge in [-0.1, -0.05) is 57.8 Å². The zero-order chi connectivity index (χ0) is 10.9. The fraction of sp³-hybridized carbons (Fsp3) is 0.923. The second-order valence-electron chi connectivity index (χ2n) is 4.92. The average Bonchev–Trinajstić information content (AvgIpc) is 2.24. The van der Waals surface area contributed by atoms with E-state index in [4.69, 9.17) is 5.73 Å². The van der Waals surface area contributed by atoms with Gasteiger partial charge in [-0.25, -0.2) is 0 Å². The molecule has 0 aromatic heterocycles. The van der Waals surface area contributed by atoms with Crippen LogP contribution in [0.3, 0.4) is 0 Å². The van der Waals surface area contributed by atoms with Gasteiger partial charge in [-0.05, 0) is 12.3 Å². The molecule has 2 nitrogen and oxygen atoms in total. The zero-order valence-corrected chi connectivity index (χ0v) is 9.84. The predicted molar refractivity (Wildman–Crippen MR) is 63.5 cm³/mol. The van der Waals surface area contributed by atoms with Gasteiger partial charge in [-0.2, -0.15) is 0 Å². The molecule has 1 rings (SSSR count). The number of primary amides is 1. The fourth-order valence-electron chi connectivity index (χ4n) is 2.56. The molecule has 1 amide bonds. The Kier molecular flexibility index (Phi) is 6.45. The Hall–Kier alpha value is -0.530. The van der Waals surface area contributed by atoms with E-state index in [-0.39, 0.29) is 5.91 Å². The third-order valence-electron chi connectivity index (χ3n) is 3.51. The summed E-state index contributed by atoms with van der Waals surface area (Å²) in [4.78, 5) is 10.5. The summed E-state index contributed by atoms with van der Waals surface area (Å²) in [6.07, 6.45) is 14.1. The van der Waals surface area contributed by atoms with Crippen LogP contribution in [0.2, 0.25) is 0 Å². The minimum Gasteiger partial charge on any atom is -0.370 e. The van der Waals surface area contributed by atoms with Crippen LogP contribution in [0.4, 0.5) is 0 Å². The maximum absolute atomic E-state index is 10.5. The Bertz CT molecular complexity index is 173.